The van der Waals surface area contributed by atoms with Crippen LogP contribution in [0.2, 0.25) is 0 Å². The van der Waals surface area contributed by atoms with Gasteiger partial charge in [0.1, 0.15) is 5.78 Å². The largest absolute Gasteiger partial charge is 0.386 e. The minimum Gasteiger partial charge on any atom is -0.386 e. The van der Waals surface area contributed by atoms with E-state index in [2.05, 4.69) is 10.6 Å². The Bertz CT molecular complexity index is 478. The van der Waals surface area contributed by atoms with Crippen LogP contribution in [0.4, 0.5) is 0 Å². The maximum absolute atomic E-state index is 10.5. The van der Waals surface area contributed by atoms with E-state index in [0.717, 1.165) is 6.42 Å². The maximum atomic E-state index is 10.5. The molecule has 10 heteroatoms. The zero-order chi connectivity index (χ0) is 29.4. The van der Waals surface area contributed by atoms with Gasteiger partial charge in [0, 0.05) is 56.0 Å². The summed E-state index contributed by atoms with van der Waals surface area (Å²) >= 11 is 0. The number of nitrogens with zero attached hydrogens (tertiary/aromatic N) is 2. The Labute approximate surface area is 232 Å². The number of hydrogen-bond donors (Lipinski definition) is 2. The first-order valence-corrected chi connectivity index (χ1v) is 12.1. The molecule has 0 aromatic carbocycles. The van der Waals surface area contributed by atoms with Crippen molar-refractivity contribution in [2.75, 3.05) is 42.3 Å². The van der Waals surface area contributed by atoms with Crippen molar-refractivity contribution in [1.82, 2.24) is 20.4 Å². The van der Waals surface area contributed by atoms with Gasteiger partial charge < -0.3 is 20.4 Å². The third-order valence-corrected chi connectivity index (χ3v) is 3.44. The number of carbonyl (C=O) groups is 4. The average Bonchev–Trinajstić information content (AvgIpc) is 2.80. The second-order valence-corrected chi connectivity index (χ2v) is 6.20. The highest BCUT2D eigenvalue weighted by atomic mass is 31.0. The van der Waals surface area contributed by atoms with Crippen LogP contribution in [-0.4, -0.2) is 81.5 Å². The second-order valence-electron chi connectivity index (χ2n) is 6.20. The number of likely N-dealkylation sites (N-methyl/N-ethyl adjacent to an activating group) is 2. The summed E-state index contributed by atoms with van der Waals surface area (Å²) in [6.45, 7) is 22.0. The number of Topliss-reactive ketones (excluding diaryl/α,β-unsaturated/α-hetero) is 2. The summed E-state index contributed by atoms with van der Waals surface area (Å²) in [6, 6.07) is 0.0648. The molecule has 0 aliphatic heterocycles. The predicted octanol–water partition coefficient (Wildman–Crippen LogP) is 4.66. The van der Waals surface area contributed by atoms with Crippen molar-refractivity contribution in [3.63, 3.8) is 0 Å². The highest BCUT2D eigenvalue weighted by Gasteiger charge is 2.05. The summed E-state index contributed by atoms with van der Waals surface area (Å²) in [5.74, 6) is 0.481. The van der Waals surface area contributed by atoms with Crippen molar-refractivity contribution in [3.8, 4) is 0 Å². The summed E-state index contributed by atoms with van der Waals surface area (Å²) in [5.41, 5.74) is 0.671. The van der Waals surface area contributed by atoms with E-state index < -0.39 is 0 Å². The fourth-order valence-corrected chi connectivity index (χ4v) is 1.22. The molecule has 0 bridgehead atoms. The lowest BCUT2D eigenvalue weighted by atomic mass is 10.1. The van der Waals surface area contributed by atoms with Gasteiger partial charge in [0.25, 0.3) is 0 Å². The van der Waals surface area contributed by atoms with E-state index in [9.17, 15) is 19.2 Å². The van der Waals surface area contributed by atoms with E-state index in [1.165, 1.54) is 30.6 Å². The molecule has 0 fully saturated rings. The van der Waals surface area contributed by atoms with Gasteiger partial charge in [0.05, 0.1) is 11.7 Å². The molecule has 0 spiro atoms. The van der Waals surface area contributed by atoms with Crippen molar-refractivity contribution >= 4 is 43.2 Å². The Morgan fingerprint density at radius 3 is 0.972 bits per heavy atom. The number of ketones is 2. The van der Waals surface area contributed by atoms with Crippen LogP contribution in [0, 0.1) is 0 Å². The minimum absolute atomic E-state index is 0. The molecule has 2 N–H and O–H groups in total. The van der Waals surface area contributed by atoms with Crippen LogP contribution in [0.25, 0.3) is 0 Å². The van der Waals surface area contributed by atoms with Gasteiger partial charge in [-0.1, -0.05) is 54.5 Å². The molecule has 0 aromatic rings. The van der Waals surface area contributed by atoms with Gasteiger partial charge in [-0.25, -0.2) is 0 Å². The zero-order valence-corrected chi connectivity index (χ0v) is 30.1. The Morgan fingerprint density at radius 1 is 0.722 bits per heavy atom. The van der Waals surface area contributed by atoms with Crippen molar-refractivity contribution in [2.24, 2.45) is 0 Å². The second kappa shape index (κ2) is 50.5. The van der Waals surface area contributed by atoms with Gasteiger partial charge >= 0.3 is 0 Å². The third-order valence-electron chi connectivity index (χ3n) is 3.44. The maximum Gasteiger partial charge on any atom is 0.218 e. The first kappa shape index (κ1) is 59.6. The van der Waals surface area contributed by atoms with Crippen LogP contribution in [0.15, 0.2) is 11.8 Å². The molecule has 0 heterocycles. The number of nitrogens with one attached hydrogen (secondary N) is 2. The summed E-state index contributed by atoms with van der Waals surface area (Å²) < 4.78 is 0. The topological polar surface area (TPSA) is 98.8 Å². The summed E-state index contributed by atoms with van der Waals surface area (Å²) in [4.78, 5) is 44.2. The van der Waals surface area contributed by atoms with Gasteiger partial charge in [-0.05, 0) is 27.3 Å². The van der Waals surface area contributed by atoms with E-state index in [4.69, 9.17) is 0 Å². The third kappa shape index (κ3) is 63.7. The number of allylic oxidation sites excluding steroid dienone is 2. The Hall–Kier alpha value is -1.36. The first-order chi connectivity index (χ1) is 15.7. The molecular weight excluding hydrogens is 494 g/mol. The number of rotatable bonds is 5. The Morgan fingerprint density at radius 2 is 0.972 bits per heavy atom. The van der Waals surface area contributed by atoms with E-state index in [1.54, 1.807) is 55.3 Å². The van der Waals surface area contributed by atoms with Crippen LogP contribution in [-0.2, 0) is 19.2 Å². The Kier molecular flexibility index (Phi) is 83.6. The summed E-state index contributed by atoms with van der Waals surface area (Å²) in [6.07, 6.45) is 2.63. The molecular formula is C26H66N4O4P2. The van der Waals surface area contributed by atoms with E-state index in [-0.39, 0.29) is 49.2 Å². The highest BCUT2D eigenvalue weighted by molar-refractivity contribution is 6.92. The van der Waals surface area contributed by atoms with Gasteiger partial charge in [0.15, 0.2) is 5.78 Å². The van der Waals surface area contributed by atoms with E-state index >= 15 is 0 Å². The average molecular weight is 561 g/mol. The van der Waals surface area contributed by atoms with Crippen molar-refractivity contribution in [1.29, 1.82) is 0 Å². The van der Waals surface area contributed by atoms with Crippen LogP contribution in [0.3, 0.4) is 0 Å². The molecule has 0 saturated heterocycles. The van der Waals surface area contributed by atoms with E-state index in [0.29, 0.717) is 5.70 Å². The standard InChI is InChI=1S/C6H13NO.C6H11NO.2C4H9NO.3C2H6.2H3P/c2*1-4-6(7-3)5(2)8;2*1-4(6)5(2)3;3*1-2;;/h6-7H,4H2,1-3H3;4,7H,1-3H3;2*1-3H3;3*1-2H3;2*1H3/b;6-4-;;;;;;;. The molecule has 0 radical (unpaired) electrons. The predicted molar refractivity (Wildman–Crippen MR) is 172 cm³/mol. The molecule has 2 amide bonds. The lowest BCUT2D eigenvalue weighted by Gasteiger charge is -2.07. The fraction of sp³-hybridized carbons (Fsp3) is 0.769. The Balaban J connectivity index is -0.0000000355. The van der Waals surface area contributed by atoms with Crippen LogP contribution >= 0.6 is 19.8 Å². The molecule has 3 unspecified atom stereocenters. The molecule has 0 aromatic heterocycles. The van der Waals surface area contributed by atoms with Gasteiger partial charge in [0.2, 0.25) is 11.8 Å². The lowest BCUT2D eigenvalue weighted by molar-refractivity contribution is -0.127. The van der Waals surface area contributed by atoms with Gasteiger partial charge in [-0.3, -0.25) is 19.2 Å². The monoisotopic (exact) mass is 560 g/mol. The van der Waals surface area contributed by atoms with Crippen LogP contribution in [0.5, 0.6) is 0 Å². The molecule has 224 valence electrons. The fourth-order valence-electron chi connectivity index (χ4n) is 1.22. The summed E-state index contributed by atoms with van der Waals surface area (Å²) in [5, 5.41) is 5.66. The lowest BCUT2D eigenvalue weighted by Crippen LogP contribution is -2.31. The molecule has 3 atom stereocenters. The molecule has 0 aliphatic rings. The number of carbonyl (C=O) groups excluding carboxylic acids is 4. The number of hydrogen-bond acceptors (Lipinski definition) is 6. The van der Waals surface area contributed by atoms with E-state index in [1.807, 2.05) is 55.4 Å². The van der Waals surface area contributed by atoms with Gasteiger partial charge in [-0.2, -0.15) is 19.8 Å². The normalized spacial score (nSPS) is 8.56. The zero-order valence-electron chi connectivity index (χ0n) is 27.3. The SMILES string of the molecule is C/C=C(\NC)C(C)=O.CC.CC.CC.CC(=O)N(C)C.CC(=O)N(C)C.CCC(NC)C(C)=O.P.P. The van der Waals surface area contributed by atoms with Crippen LogP contribution in [0.1, 0.15) is 89.5 Å². The van der Waals surface area contributed by atoms with Crippen molar-refractivity contribution in [3.05, 3.63) is 11.8 Å². The molecule has 8 nitrogen and oxygen atoms in total. The molecule has 36 heavy (non-hydrogen) atoms. The summed E-state index contributed by atoms with van der Waals surface area (Å²) in [7, 11) is 10.4. The molecule has 0 rings (SSSR count). The number of amides is 2. The first-order valence-electron chi connectivity index (χ1n) is 12.1. The molecule has 0 saturated carbocycles. The van der Waals surface area contributed by atoms with Crippen LogP contribution < -0.4 is 10.6 Å². The minimum atomic E-state index is 0. The molecule has 0 aliphatic carbocycles. The highest BCUT2D eigenvalue weighted by Crippen LogP contribution is 1.89. The quantitative estimate of drug-likeness (QED) is 0.375. The van der Waals surface area contributed by atoms with Crippen molar-refractivity contribution in [2.45, 2.75) is 95.5 Å². The van der Waals surface area contributed by atoms with Gasteiger partial charge in [-0.15, -0.1) is 0 Å². The van der Waals surface area contributed by atoms with Crippen molar-refractivity contribution < 1.29 is 19.2 Å². The smallest absolute Gasteiger partial charge is 0.218 e.